The summed E-state index contributed by atoms with van der Waals surface area (Å²) in [5, 5.41) is 20.1. The first-order chi connectivity index (χ1) is 10.4. The summed E-state index contributed by atoms with van der Waals surface area (Å²) in [5.41, 5.74) is -0.968. The molecule has 0 aromatic carbocycles. The third-order valence-corrected chi connectivity index (χ3v) is 3.90. The molecule has 2 unspecified atom stereocenters. The molecule has 2 heterocycles. The smallest absolute Gasteiger partial charge is 0.329 e. The average molecular weight is 371 g/mol. The van der Waals surface area contributed by atoms with Crippen molar-refractivity contribution in [2.24, 2.45) is 7.05 Å². The number of nitrogens with zero attached hydrogens (tertiary/aromatic N) is 3. The number of hydrogen-bond acceptors (Lipinski definition) is 5. The Balaban J connectivity index is 2.82. The molecule has 0 spiro atoms. The molecular formula is C13H15BrN4O4. The lowest BCUT2D eigenvalue weighted by Gasteiger charge is -2.15. The van der Waals surface area contributed by atoms with Crippen LogP contribution in [0, 0.1) is 11.8 Å². The highest BCUT2D eigenvalue weighted by atomic mass is 79.9. The predicted molar refractivity (Wildman–Crippen MR) is 83.8 cm³/mol. The van der Waals surface area contributed by atoms with Crippen LogP contribution in [-0.2, 0) is 13.6 Å². The van der Waals surface area contributed by atoms with Crippen LogP contribution in [0.15, 0.2) is 9.59 Å². The maximum absolute atomic E-state index is 12.1. The van der Waals surface area contributed by atoms with Crippen LogP contribution < -0.4 is 11.2 Å². The number of halogens is 1. The minimum Gasteiger partial charge on any atom is -0.389 e. The molecule has 2 aromatic rings. The fourth-order valence-corrected chi connectivity index (χ4v) is 2.41. The molecule has 8 nitrogen and oxygen atoms in total. The van der Waals surface area contributed by atoms with E-state index in [0.717, 1.165) is 0 Å². The fourth-order valence-electron chi connectivity index (χ4n) is 2.05. The predicted octanol–water partition coefficient (Wildman–Crippen LogP) is -0.764. The molecule has 2 atom stereocenters. The number of rotatable bonds is 4. The first-order valence-electron chi connectivity index (χ1n) is 6.43. The van der Waals surface area contributed by atoms with Gasteiger partial charge in [-0.15, -0.1) is 5.92 Å². The van der Waals surface area contributed by atoms with Gasteiger partial charge < -0.3 is 14.8 Å². The van der Waals surface area contributed by atoms with Crippen LogP contribution in [0.4, 0.5) is 0 Å². The molecule has 118 valence electrons. The second kappa shape index (κ2) is 6.48. The number of nitrogens with one attached hydrogen (secondary N) is 1. The van der Waals surface area contributed by atoms with Crippen molar-refractivity contribution in [2.45, 2.75) is 25.7 Å². The van der Waals surface area contributed by atoms with Crippen LogP contribution in [-0.4, -0.2) is 40.7 Å². The van der Waals surface area contributed by atoms with Gasteiger partial charge in [-0.2, -0.15) is 0 Å². The maximum Gasteiger partial charge on any atom is 0.329 e. The molecule has 0 fully saturated rings. The molecule has 0 aliphatic rings. The van der Waals surface area contributed by atoms with E-state index in [0.29, 0.717) is 0 Å². The highest BCUT2D eigenvalue weighted by molar-refractivity contribution is 9.09. The second-order valence-corrected chi connectivity index (χ2v) is 5.29. The number of alkyl halides is 1. The Bertz CT molecular complexity index is 870. The molecular weight excluding hydrogens is 356 g/mol. The molecule has 0 radical (unpaired) electrons. The van der Waals surface area contributed by atoms with E-state index in [-0.39, 0.29) is 28.9 Å². The van der Waals surface area contributed by atoms with Gasteiger partial charge in [0.15, 0.2) is 11.2 Å². The first-order valence-corrected chi connectivity index (χ1v) is 7.55. The van der Waals surface area contributed by atoms with Gasteiger partial charge in [0.05, 0.1) is 12.6 Å². The Morgan fingerprint density at radius 2 is 2.09 bits per heavy atom. The molecule has 9 heteroatoms. The summed E-state index contributed by atoms with van der Waals surface area (Å²) in [7, 11) is 1.46. The number of aliphatic hydroxyl groups is 2. The minimum absolute atomic E-state index is 0.0800. The zero-order valence-corrected chi connectivity index (χ0v) is 13.6. The lowest BCUT2D eigenvalue weighted by Crippen LogP contribution is -2.29. The number of H-pyrrole nitrogens is 1. The molecule has 0 aliphatic carbocycles. The van der Waals surface area contributed by atoms with Crippen molar-refractivity contribution >= 4 is 27.1 Å². The van der Waals surface area contributed by atoms with E-state index in [4.69, 9.17) is 0 Å². The van der Waals surface area contributed by atoms with Gasteiger partial charge in [-0.25, -0.2) is 9.78 Å². The fraction of sp³-hybridized carbons (Fsp3) is 0.462. The summed E-state index contributed by atoms with van der Waals surface area (Å²) in [6.07, 6.45) is -2.43. The van der Waals surface area contributed by atoms with Crippen molar-refractivity contribution in [1.29, 1.82) is 0 Å². The number of aliphatic hydroxyl groups excluding tert-OH is 2. The minimum atomic E-state index is -1.32. The van der Waals surface area contributed by atoms with Crippen molar-refractivity contribution < 1.29 is 10.2 Å². The largest absolute Gasteiger partial charge is 0.389 e. The Morgan fingerprint density at radius 3 is 2.68 bits per heavy atom. The second-order valence-electron chi connectivity index (χ2n) is 4.64. The monoisotopic (exact) mass is 370 g/mol. The molecule has 0 amide bonds. The summed E-state index contributed by atoms with van der Waals surface area (Å²) in [5.74, 6) is 5.56. The Hall–Kier alpha value is -1.89. The van der Waals surface area contributed by atoms with Crippen molar-refractivity contribution in [3.8, 4) is 11.8 Å². The number of fused-ring (bicyclic) bond motifs is 1. The van der Waals surface area contributed by atoms with E-state index in [9.17, 15) is 19.8 Å². The molecule has 2 rings (SSSR count). The number of hydrogen-bond donors (Lipinski definition) is 3. The van der Waals surface area contributed by atoms with Gasteiger partial charge >= 0.3 is 5.69 Å². The molecule has 0 saturated carbocycles. The van der Waals surface area contributed by atoms with Gasteiger partial charge in [0.2, 0.25) is 0 Å². The van der Waals surface area contributed by atoms with Crippen LogP contribution >= 0.6 is 15.9 Å². The summed E-state index contributed by atoms with van der Waals surface area (Å²) in [4.78, 5) is 30.1. The van der Waals surface area contributed by atoms with Crippen LogP contribution in [0.1, 0.15) is 18.9 Å². The third kappa shape index (κ3) is 2.72. The van der Waals surface area contributed by atoms with Crippen molar-refractivity contribution in [3.63, 3.8) is 0 Å². The van der Waals surface area contributed by atoms with E-state index in [2.05, 4.69) is 37.7 Å². The highest BCUT2D eigenvalue weighted by Gasteiger charge is 2.26. The quantitative estimate of drug-likeness (QED) is 0.483. The van der Waals surface area contributed by atoms with Gasteiger partial charge in [0.1, 0.15) is 11.9 Å². The molecule has 0 saturated heterocycles. The molecule has 2 aromatic heterocycles. The zero-order valence-electron chi connectivity index (χ0n) is 12.0. The molecule has 0 aliphatic heterocycles. The van der Waals surface area contributed by atoms with Crippen LogP contribution in [0.3, 0.4) is 0 Å². The Labute approximate surface area is 133 Å². The van der Waals surface area contributed by atoms with Crippen LogP contribution in [0.2, 0.25) is 0 Å². The van der Waals surface area contributed by atoms with E-state index in [1.807, 2.05) is 0 Å². The van der Waals surface area contributed by atoms with Gasteiger partial charge in [0, 0.05) is 12.4 Å². The lowest BCUT2D eigenvalue weighted by atomic mass is 10.2. The number of aryl methyl sites for hydroxylation is 1. The van der Waals surface area contributed by atoms with Gasteiger partial charge in [0.25, 0.3) is 5.56 Å². The summed E-state index contributed by atoms with van der Waals surface area (Å²) >= 11 is 3.08. The van der Waals surface area contributed by atoms with E-state index in [1.54, 1.807) is 6.92 Å². The van der Waals surface area contributed by atoms with E-state index in [1.165, 1.54) is 16.2 Å². The molecule has 3 N–H and O–H groups in total. The summed E-state index contributed by atoms with van der Waals surface area (Å²) < 4.78 is 2.57. The molecule has 22 heavy (non-hydrogen) atoms. The van der Waals surface area contributed by atoms with Crippen LogP contribution in [0.25, 0.3) is 11.2 Å². The van der Waals surface area contributed by atoms with Crippen molar-refractivity contribution in [2.75, 3.05) is 5.33 Å². The number of imidazole rings is 1. The number of aromatic nitrogens is 4. The van der Waals surface area contributed by atoms with Crippen molar-refractivity contribution in [3.05, 3.63) is 26.7 Å². The highest BCUT2D eigenvalue weighted by Crippen LogP contribution is 2.21. The normalized spacial score (nSPS) is 13.7. The SMILES string of the molecule is CC#CCn1c(C(O)C(O)CBr)nc2c1c(=O)[nH]c(=O)n2C. The van der Waals surface area contributed by atoms with Crippen LogP contribution in [0.5, 0.6) is 0 Å². The summed E-state index contributed by atoms with van der Waals surface area (Å²) in [6, 6.07) is 0. The first kappa shape index (κ1) is 16.5. The van der Waals surface area contributed by atoms with Gasteiger partial charge in [-0.3, -0.25) is 14.3 Å². The summed E-state index contributed by atoms with van der Waals surface area (Å²) in [6.45, 7) is 1.75. The number of aromatic amines is 1. The topological polar surface area (TPSA) is 113 Å². The van der Waals surface area contributed by atoms with E-state index >= 15 is 0 Å². The Kier molecular flexibility index (Phi) is 4.85. The lowest BCUT2D eigenvalue weighted by molar-refractivity contribution is 0.0269. The Morgan fingerprint density at radius 1 is 1.41 bits per heavy atom. The van der Waals surface area contributed by atoms with E-state index < -0.39 is 23.5 Å². The average Bonchev–Trinajstić information content (AvgIpc) is 2.89. The zero-order chi connectivity index (χ0) is 16.4. The van der Waals surface area contributed by atoms with Crippen molar-refractivity contribution in [1.82, 2.24) is 19.1 Å². The maximum atomic E-state index is 12.1. The molecule has 0 bridgehead atoms. The van der Waals surface area contributed by atoms with Gasteiger partial charge in [-0.05, 0) is 6.92 Å². The standard InChI is InChI=1S/C13H15BrN4O4/c1-3-4-5-18-8-10(17(2)13(22)16-12(8)21)15-11(18)9(20)7(19)6-14/h7,9,19-20H,5-6H2,1-2H3,(H,16,21,22). The third-order valence-electron chi connectivity index (χ3n) is 3.24. The van der Waals surface area contributed by atoms with Gasteiger partial charge in [-0.1, -0.05) is 21.9 Å².